The van der Waals surface area contributed by atoms with Crippen molar-refractivity contribution >= 4 is 39.1 Å². The summed E-state index contributed by atoms with van der Waals surface area (Å²) in [5, 5.41) is 3.57. The monoisotopic (exact) mass is 445 g/mol. The Morgan fingerprint density at radius 3 is 2.67 bits per heavy atom. The van der Waals surface area contributed by atoms with Gasteiger partial charge in [0.1, 0.15) is 0 Å². The van der Waals surface area contributed by atoms with Gasteiger partial charge in [-0.3, -0.25) is 4.79 Å². The van der Waals surface area contributed by atoms with E-state index >= 15 is 0 Å². The molecule has 1 saturated heterocycles. The van der Waals surface area contributed by atoms with E-state index in [1.807, 2.05) is 23.1 Å². The number of hydrogen-bond donors (Lipinski definition) is 1. The molecule has 0 aromatic heterocycles. The van der Waals surface area contributed by atoms with Crippen molar-refractivity contribution in [1.29, 1.82) is 0 Å². The van der Waals surface area contributed by atoms with Gasteiger partial charge >= 0.3 is 0 Å². The first kappa shape index (κ1) is 21.2. The Balaban J connectivity index is 1.47. The minimum absolute atomic E-state index is 0.0232. The molecule has 1 atom stereocenters. The average Bonchev–Trinajstić information content (AvgIpc) is 3.24. The van der Waals surface area contributed by atoms with Crippen molar-refractivity contribution in [3.63, 3.8) is 0 Å². The van der Waals surface area contributed by atoms with Crippen molar-refractivity contribution in [2.75, 3.05) is 36.4 Å². The zero-order valence-electron chi connectivity index (χ0n) is 17.1. The number of thioether (sulfide) groups is 1. The number of sulfonamides is 1. The fourth-order valence-corrected chi connectivity index (χ4v) is 6.54. The molecule has 4 rings (SSSR count). The van der Waals surface area contributed by atoms with Crippen LogP contribution in [0.25, 0.3) is 0 Å². The summed E-state index contributed by atoms with van der Waals surface area (Å²) in [5.74, 6) is -0.0232. The molecule has 8 heteroatoms. The highest BCUT2D eigenvalue weighted by Gasteiger charge is 2.27. The van der Waals surface area contributed by atoms with Crippen LogP contribution in [0.2, 0.25) is 0 Å². The van der Waals surface area contributed by atoms with E-state index in [4.69, 9.17) is 0 Å². The topological polar surface area (TPSA) is 69.7 Å². The molecule has 2 aromatic rings. The molecule has 1 fully saturated rings. The second kappa shape index (κ2) is 8.99. The minimum Gasteiger partial charge on any atom is -0.376 e. The molecule has 2 heterocycles. The normalized spacial score (nSPS) is 19.9. The van der Waals surface area contributed by atoms with E-state index in [0.717, 1.165) is 29.8 Å². The third-order valence-corrected chi connectivity index (χ3v) is 8.66. The van der Waals surface area contributed by atoms with E-state index in [-0.39, 0.29) is 17.3 Å². The van der Waals surface area contributed by atoms with E-state index in [2.05, 4.69) is 18.3 Å². The van der Waals surface area contributed by atoms with Gasteiger partial charge < -0.3 is 10.2 Å². The van der Waals surface area contributed by atoms with Crippen LogP contribution in [0.4, 0.5) is 11.4 Å². The maximum Gasteiger partial charge on any atom is 0.246 e. The molecule has 1 amide bonds. The van der Waals surface area contributed by atoms with Gasteiger partial charge in [0.15, 0.2) is 0 Å². The van der Waals surface area contributed by atoms with Crippen molar-refractivity contribution in [2.24, 2.45) is 0 Å². The highest BCUT2D eigenvalue weighted by molar-refractivity contribution is 8.00. The molecule has 0 spiro atoms. The van der Waals surface area contributed by atoms with Crippen molar-refractivity contribution in [1.82, 2.24) is 4.31 Å². The summed E-state index contributed by atoms with van der Waals surface area (Å²) in [6.07, 6.45) is 2.73. The van der Waals surface area contributed by atoms with E-state index in [1.165, 1.54) is 4.31 Å². The van der Waals surface area contributed by atoms with Crippen LogP contribution in [0, 0.1) is 0 Å². The molecule has 30 heavy (non-hydrogen) atoms. The quantitative estimate of drug-likeness (QED) is 0.758. The van der Waals surface area contributed by atoms with Crippen molar-refractivity contribution < 1.29 is 13.2 Å². The molecular weight excluding hydrogens is 418 g/mol. The molecule has 0 saturated carbocycles. The van der Waals surface area contributed by atoms with Gasteiger partial charge in [-0.15, -0.1) is 11.8 Å². The molecule has 0 bridgehead atoms. The van der Waals surface area contributed by atoms with Crippen molar-refractivity contribution in [2.45, 2.75) is 41.2 Å². The number of benzene rings is 2. The first-order valence-corrected chi connectivity index (χ1v) is 12.7. The van der Waals surface area contributed by atoms with Gasteiger partial charge in [-0.1, -0.05) is 25.1 Å². The van der Waals surface area contributed by atoms with E-state index in [9.17, 15) is 13.2 Å². The molecule has 2 aliphatic rings. The Morgan fingerprint density at radius 1 is 1.10 bits per heavy atom. The lowest BCUT2D eigenvalue weighted by molar-refractivity contribution is -0.117. The maximum atomic E-state index is 13.0. The van der Waals surface area contributed by atoms with Gasteiger partial charge in [-0.25, -0.2) is 8.42 Å². The number of carbonyl (C=O) groups excluding carboxylic acids is 1. The summed E-state index contributed by atoms with van der Waals surface area (Å²) >= 11 is 1.80. The number of hydrogen-bond acceptors (Lipinski definition) is 5. The molecule has 160 valence electrons. The zero-order chi connectivity index (χ0) is 21.1. The van der Waals surface area contributed by atoms with Crippen LogP contribution in [0.1, 0.15) is 26.2 Å². The summed E-state index contributed by atoms with van der Waals surface area (Å²) in [5.41, 5.74) is 1.58. The number of fused-ring (bicyclic) bond motifs is 1. The predicted octanol–water partition coefficient (Wildman–Crippen LogP) is 3.80. The Kier molecular flexibility index (Phi) is 6.36. The van der Waals surface area contributed by atoms with Gasteiger partial charge in [0.2, 0.25) is 15.9 Å². The molecule has 6 nitrogen and oxygen atoms in total. The number of nitrogens with zero attached hydrogens (tertiary/aromatic N) is 2. The fourth-order valence-electron chi connectivity index (χ4n) is 3.86. The summed E-state index contributed by atoms with van der Waals surface area (Å²) in [6.45, 7) is 4.11. The van der Waals surface area contributed by atoms with Crippen LogP contribution < -0.4 is 10.2 Å². The molecule has 0 radical (unpaired) electrons. The maximum absolute atomic E-state index is 13.0. The Bertz CT molecular complexity index is 1020. The molecule has 0 aliphatic carbocycles. The first-order chi connectivity index (χ1) is 14.4. The molecule has 2 aliphatic heterocycles. The summed E-state index contributed by atoms with van der Waals surface area (Å²) in [6, 6.07) is 14.7. The number of carbonyl (C=O) groups is 1. The summed E-state index contributed by atoms with van der Waals surface area (Å²) in [4.78, 5) is 16.2. The van der Waals surface area contributed by atoms with Crippen molar-refractivity contribution in [3.8, 4) is 0 Å². The highest BCUT2D eigenvalue weighted by Crippen LogP contribution is 2.37. The van der Waals surface area contributed by atoms with Crippen LogP contribution >= 0.6 is 11.8 Å². The van der Waals surface area contributed by atoms with Gasteiger partial charge in [-0.05, 0) is 49.6 Å². The standard InChI is InChI=1S/C22H27N3O3S2/c1-17-11-14-25(20-9-2-3-10-21(20)29-17)22(26)16-23-18-7-6-8-19(15-18)30(27,28)24-12-4-5-13-24/h2-3,6-10,15,17,23H,4-5,11-14,16H2,1H3/t17-/m0/s1. The van der Waals surface area contributed by atoms with Crippen molar-refractivity contribution in [3.05, 3.63) is 48.5 Å². The Hall–Kier alpha value is -2.03. The van der Waals surface area contributed by atoms with Crippen LogP contribution in [-0.4, -0.2) is 50.1 Å². The lowest BCUT2D eigenvalue weighted by atomic mass is 10.2. The number of rotatable bonds is 5. The van der Waals surface area contributed by atoms with Gasteiger partial charge in [0.25, 0.3) is 0 Å². The predicted molar refractivity (Wildman–Crippen MR) is 122 cm³/mol. The van der Waals surface area contributed by atoms with Crippen LogP contribution in [0.3, 0.4) is 0 Å². The second-order valence-electron chi connectivity index (χ2n) is 7.72. The number of nitrogens with one attached hydrogen (secondary N) is 1. The SMILES string of the molecule is C[C@H]1CCN(C(=O)CNc2cccc(S(=O)(=O)N3CCCC3)c2)c2ccccc2S1. The molecule has 2 aromatic carbocycles. The Labute approximate surface area is 182 Å². The number of para-hydroxylation sites is 1. The first-order valence-electron chi connectivity index (χ1n) is 10.4. The average molecular weight is 446 g/mol. The lowest BCUT2D eigenvalue weighted by Gasteiger charge is -2.23. The molecule has 0 unspecified atom stereocenters. The fraction of sp³-hybridized carbons (Fsp3) is 0.409. The minimum atomic E-state index is -3.48. The third-order valence-electron chi connectivity index (χ3n) is 5.53. The smallest absolute Gasteiger partial charge is 0.246 e. The largest absolute Gasteiger partial charge is 0.376 e. The number of anilines is 2. The van der Waals surface area contributed by atoms with E-state index in [1.54, 1.807) is 36.0 Å². The summed E-state index contributed by atoms with van der Waals surface area (Å²) in [7, 11) is -3.48. The van der Waals surface area contributed by atoms with Crippen LogP contribution in [0.5, 0.6) is 0 Å². The zero-order valence-corrected chi connectivity index (χ0v) is 18.7. The van der Waals surface area contributed by atoms with E-state index < -0.39 is 10.0 Å². The van der Waals surface area contributed by atoms with Gasteiger partial charge in [0.05, 0.1) is 17.1 Å². The summed E-state index contributed by atoms with van der Waals surface area (Å²) < 4.78 is 27.1. The molecule has 1 N–H and O–H groups in total. The van der Waals surface area contributed by atoms with Gasteiger partial charge in [-0.2, -0.15) is 4.31 Å². The second-order valence-corrected chi connectivity index (χ2v) is 11.1. The highest BCUT2D eigenvalue weighted by atomic mass is 32.2. The molecular formula is C22H27N3O3S2. The number of amides is 1. The van der Waals surface area contributed by atoms with Crippen LogP contribution in [-0.2, 0) is 14.8 Å². The van der Waals surface area contributed by atoms with Gasteiger partial charge in [0, 0.05) is 35.5 Å². The third kappa shape index (κ3) is 4.50. The van der Waals surface area contributed by atoms with Crippen LogP contribution in [0.15, 0.2) is 58.3 Å². The Morgan fingerprint density at radius 2 is 1.87 bits per heavy atom. The van der Waals surface area contributed by atoms with E-state index in [0.29, 0.717) is 30.6 Å². The lowest BCUT2D eigenvalue weighted by Crippen LogP contribution is -2.36.